The number of fused-ring (bicyclic) bond motifs is 1. The fraction of sp³-hybridized carbons (Fsp3) is 0.364. The molecule has 1 aromatic carbocycles. The third-order valence-corrected chi connectivity index (χ3v) is 3.47. The van der Waals surface area contributed by atoms with Crippen molar-refractivity contribution in [1.29, 1.82) is 0 Å². The van der Waals surface area contributed by atoms with E-state index in [4.69, 9.17) is 27.6 Å². The van der Waals surface area contributed by atoms with Gasteiger partial charge in [0, 0.05) is 11.8 Å². The van der Waals surface area contributed by atoms with Gasteiger partial charge in [0.1, 0.15) is 5.52 Å². The Kier molecular flexibility index (Phi) is 3.26. The number of hydrogen-bond donors (Lipinski definition) is 1. The van der Waals surface area contributed by atoms with Crippen LogP contribution in [-0.2, 0) is 0 Å². The summed E-state index contributed by atoms with van der Waals surface area (Å²) in [6.45, 7) is 1.92. The van der Waals surface area contributed by atoms with E-state index >= 15 is 0 Å². The number of anilines is 1. The van der Waals surface area contributed by atoms with Gasteiger partial charge in [-0.2, -0.15) is 4.98 Å². The van der Waals surface area contributed by atoms with E-state index in [2.05, 4.69) is 10.3 Å². The van der Waals surface area contributed by atoms with Crippen molar-refractivity contribution in [3.05, 3.63) is 24.3 Å². The highest BCUT2D eigenvalue weighted by molar-refractivity contribution is 6.22. The molecule has 1 heterocycles. The summed E-state index contributed by atoms with van der Waals surface area (Å²) in [5.74, 6) is 0.768. The molecule has 0 radical (unpaired) electrons. The second-order valence-corrected chi connectivity index (χ2v) is 4.47. The van der Waals surface area contributed by atoms with Crippen molar-refractivity contribution < 1.29 is 4.42 Å². The van der Waals surface area contributed by atoms with Gasteiger partial charge in [-0.15, -0.1) is 23.2 Å². The first kappa shape index (κ1) is 11.6. The molecular formula is C11H12Cl2N2O. The van der Waals surface area contributed by atoms with Crippen LogP contribution in [0.15, 0.2) is 28.7 Å². The Morgan fingerprint density at radius 3 is 2.62 bits per heavy atom. The molecule has 5 heteroatoms. The summed E-state index contributed by atoms with van der Waals surface area (Å²) in [6.07, 6.45) is 0. The summed E-state index contributed by atoms with van der Waals surface area (Å²) < 4.78 is 5.53. The van der Waals surface area contributed by atoms with Crippen LogP contribution in [0.2, 0.25) is 0 Å². The van der Waals surface area contributed by atoms with Crippen molar-refractivity contribution in [2.75, 3.05) is 17.1 Å². The molecule has 0 fully saturated rings. The van der Waals surface area contributed by atoms with Crippen LogP contribution in [0.4, 0.5) is 6.01 Å². The van der Waals surface area contributed by atoms with Gasteiger partial charge < -0.3 is 9.73 Å². The Morgan fingerprint density at radius 2 is 2.00 bits per heavy atom. The first-order valence-electron chi connectivity index (χ1n) is 4.92. The third kappa shape index (κ3) is 2.25. The van der Waals surface area contributed by atoms with Crippen LogP contribution >= 0.6 is 23.2 Å². The molecule has 0 aliphatic carbocycles. The number of aromatic nitrogens is 1. The SMILES string of the molecule is CC(CCl)(CCl)Nc1nc2ccccc2o1. The first-order chi connectivity index (χ1) is 7.67. The monoisotopic (exact) mass is 258 g/mol. The largest absolute Gasteiger partial charge is 0.424 e. The van der Waals surface area contributed by atoms with Crippen molar-refractivity contribution in [3.63, 3.8) is 0 Å². The number of rotatable bonds is 4. The van der Waals surface area contributed by atoms with Crippen LogP contribution in [0.5, 0.6) is 0 Å². The highest BCUT2D eigenvalue weighted by atomic mass is 35.5. The molecule has 0 spiro atoms. The quantitative estimate of drug-likeness (QED) is 0.854. The number of oxazole rings is 1. The molecule has 0 unspecified atom stereocenters. The minimum atomic E-state index is -0.413. The number of halogens is 2. The van der Waals surface area contributed by atoms with Gasteiger partial charge in [0.25, 0.3) is 6.01 Å². The average Bonchev–Trinajstić information content (AvgIpc) is 2.70. The molecule has 0 saturated heterocycles. The van der Waals surface area contributed by atoms with E-state index in [1.54, 1.807) is 0 Å². The van der Waals surface area contributed by atoms with Crippen molar-refractivity contribution in [3.8, 4) is 0 Å². The molecule has 86 valence electrons. The molecule has 0 bridgehead atoms. The number of nitrogens with zero attached hydrogens (tertiary/aromatic N) is 1. The molecule has 2 rings (SSSR count). The second kappa shape index (κ2) is 4.52. The normalized spacial score (nSPS) is 11.9. The van der Waals surface area contributed by atoms with E-state index in [1.807, 2.05) is 31.2 Å². The molecule has 16 heavy (non-hydrogen) atoms. The number of alkyl halides is 2. The molecule has 0 amide bonds. The summed E-state index contributed by atoms with van der Waals surface area (Å²) in [7, 11) is 0. The minimum Gasteiger partial charge on any atom is -0.424 e. The zero-order valence-corrected chi connectivity index (χ0v) is 10.3. The van der Waals surface area contributed by atoms with Gasteiger partial charge in [-0.25, -0.2) is 0 Å². The van der Waals surface area contributed by atoms with Crippen molar-refractivity contribution in [1.82, 2.24) is 4.98 Å². The van der Waals surface area contributed by atoms with Gasteiger partial charge in [0.15, 0.2) is 5.58 Å². The zero-order chi connectivity index (χ0) is 11.6. The van der Waals surface area contributed by atoms with E-state index in [9.17, 15) is 0 Å². The first-order valence-corrected chi connectivity index (χ1v) is 5.99. The zero-order valence-electron chi connectivity index (χ0n) is 8.84. The third-order valence-electron chi connectivity index (χ3n) is 2.29. The smallest absolute Gasteiger partial charge is 0.296 e. The van der Waals surface area contributed by atoms with Gasteiger partial charge in [-0.3, -0.25) is 0 Å². The number of nitrogens with one attached hydrogen (secondary N) is 1. The molecular weight excluding hydrogens is 247 g/mol. The lowest BCUT2D eigenvalue weighted by atomic mass is 10.1. The van der Waals surface area contributed by atoms with Crippen LogP contribution in [0.3, 0.4) is 0 Å². The van der Waals surface area contributed by atoms with Crippen LogP contribution in [0, 0.1) is 0 Å². The Hall–Kier alpha value is -0.930. The highest BCUT2D eigenvalue weighted by Crippen LogP contribution is 2.22. The van der Waals surface area contributed by atoms with Crippen LogP contribution in [0.1, 0.15) is 6.92 Å². The van der Waals surface area contributed by atoms with Crippen LogP contribution < -0.4 is 5.32 Å². The minimum absolute atomic E-state index is 0.384. The molecule has 1 N–H and O–H groups in total. The van der Waals surface area contributed by atoms with Gasteiger partial charge in [-0.1, -0.05) is 12.1 Å². The van der Waals surface area contributed by atoms with Gasteiger partial charge >= 0.3 is 0 Å². The maximum absolute atomic E-state index is 5.84. The maximum atomic E-state index is 5.84. The molecule has 0 saturated carbocycles. The Morgan fingerprint density at radius 1 is 1.31 bits per heavy atom. The van der Waals surface area contributed by atoms with Gasteiger partial charge in [0.05, 0.1) is 5.54 Å². The van der Waals surface area contributed by atoms with E-state index in [0.29, 0.717) is 17.8 Å². The summed E-state index contributed by atoms with van der Waals surface area (Å²) >= 11 is 11.7. The van der Waals surface area contributed by atoms with Crippen LogP contribution in [0.25, 0.3) is 11.1 Å². The van der Waals surface area contributed by atoms with E-state index in [0.717, 1.165) is 11.1 Å². The molecule has 1 aromatic heterocycles. The van der Waals surface area contributed by atoms with E-state index < -0.39 is 5.54 Å². The van der Waals surface area contributed by atoms with Crippen molar-refractivity contribution in [2.45, 2.75) is 12.5 Å². The summed E-state index contributed by atoms with van der Waals surface area (Å²) in [4.78, 5) is 4.30. The fourth-order valence-corrected chi connectivity index (χ4v) is 1.71. The topological polar surface area (TPSA) is 38.1 Å². The maximum Gasteiger partial charge on any atom is 0.296 e. The lowest BCUT2D eigenvalue weighted by Crippen LogP contribution is -2.38. The predicted octanol–water partition coefficient (Wildman–Crippen LogP) is 3.48. The second-order valence-electron chi connectivity index (χ2n) is 3.94. The Labute approximate surface area is 104 Å². The Balaban J connectivity index is 2.27. The van der Waals surface area contributed by atoms with Crippen molar-refractivity contribution in [2.24, 2.45) is 0 Å². The summed E-state index contributed by atoms with van der Waals surface area (Å²) in [5.41, 5.74) is 1.15. The fourth-order valence-electron chi connectivity index (χ4n) is 1.29. The molecule has 0 atom stereocenters. The summed E-state index contributed by atoms with van der Waals surface area (Å²) in [6, 6.07) is 8.02. The molecule has 2 aromatic rings. The van der Waals surface area contributed by atoms with Gasteiger partial charge in [0.2, 0.25) is 0 Å². The number of benzene rings is 1. The Bertz CT molecular complexity index is 447. The molecule has 0 aliphatic rings. The number of para-hydroxylation sites is 2. The molecule has 3 nitrogen and oxygen atoms in total. The van der Waals surface area contributed by atoms with Crippen LogP contribution in [-0.4, -0.2) is 22.3 Å². The van der Waals surface area contributed by atoms with Gasteiger partial charge in [-0.05, 0) is 19.1 Å². The lowest BCUT2D eigenvalue weighted by molar-refractivity contribution is 0.561. The summed E-state index contributed by atoms with van der Waals surface area (Å²) in [5, 5.41) is 3.10. The highest BCUT2D eigenvalue weighted by Gasteiger charge is 2.23. The van der Waals surface area contributed by atoms with Crippen molar-refractivity contribution >= 4 is 40.3 Å². The molecule has 0 aliphatic heterocycles. The predicted molar refractivity (Wildman–Crippen MR) is 67.5 cm³/mol. The number of hydrogen-bond acceptors (Lipinski definition) is 3. The standard InChI is InChI=1S/C11H12Cl2N2O/c1-11(6-12,7-13)15-10-14-8-4-2-3-5-9(8)16-10/h2-5H,6-7H2,1H3,(H,14,15). The van der Waals surface area contributed by atoms with E-state index in [1.165, 1.54) is 0 Å². The van der Waals surface area contributed by atoms with E-state index in [-0.39, 0.29) is 0 Å². The lowest BCUT2D eigenvalue weighted by Gasteiger charge is -2.24. The average molecular weight is 259 g/mol.